The topological polar surface area (TPSA) is 94.8 Å². The zero-order chi connectivity index (χ0) is 9.94. The highest BCUT2D eigenvalue weighted by Crippen LogP contribution is 2.10. The summed E-state index contributed by atoms with van der Waals surface area (Å²) in [7, 11) is 0. The average Bonchev–Trinajstić information content (AvgIpc) is 1.85. The van der Waals surface area contributed by atoms with Crippen molar-refractivity contribution < 1.29 is 24.9 Å². The van der Waals surface area contributed by atoms with Crippen molar-refractivity contribution in [3.63, 3.8) is 0 Å². The number of carbonyl (C=O) groups excluding carboxylic acids is 1. The molecule has 12 heavy (non-hydrogen) atoms. The Hall–Kier alpha value is -0.940. The van der Waals surface area contributed by atoms with Crippen LogP contribution in [0.15, 0.2) is 0 Å². The molecule has 0 fully saturated rings. The smallest absolute Gasteiger partial charge is 0.335 e. The number of aliphatic hydroxyl groups excluding tert-OH is 1. The molecule has 0 spiro atoms. The fourth-order valence-electron chi connectivity index (χ4n) is 0.563. The second-order valence-corrected chi connectivity index (χ2v) is 2.90. The molecule has 0 bridgehead atoms. The van der Waals surface area contributed by atoms with Crippen molar-refractivity contribution in [2.75, 3.05) is 0 Å². The molecule has 3 N–H and O–H groups in total. The molecular formula is C7H12O5. The predicted molar refractivity (Wildman–Crippen MR) is 39.6 cm³/mol. The Morgan fingerprint density at radius 3 is 2.17 bits per heavy atom. The standard InChI is InChI=1S/C7H12O5/c1-4(8)5(9)3-7(2,12)6(10)11/h4,8,12H,3H2,1-2H3,(H,10,11). The van der Waals surface area contributed by atoms with Crippen LogP contribution in [0.2, 0.25) is 0 Å². The van der Waals surface area contributed by atoms with Gasteiger partial charge in [-0.1, -0.05) is 0 Å². The minimum atomic E-state index is -2.09. The highest BCUT2D eigenvalue weighted by atomic mass is 16.4. The number of aliphatic hydroxyl groups is 2. The van der Waals surface area contributed by atoms with E-state index < -0.39 is 29.9 Å². The predicted octanol–water partition coefficient (Wildman–Crippen LogP) is -0.838. The molecule has 5 heteroatoms. The van der Waals surface area contributed by atoms with E-state index in [9.17, 15) is 9.59 Å². The lowest BCUT2D eigenvalue weighted by Gasteiger charge is -2.17. The average molecular weight is 176 g/mol. The minimum absolute atomic E-state index is 0.583. The van der Waals surface area contributed by atoms with Crippen molar-refractivity contribution >= 4 is 11.8 Å². The molecule has 0 aromatic heterocycles. The number of carbonyl (C=O) groups is 2. The summed E-state index contributed by atoms with van der Waals surface area (Å²) in [4.78, 5) is 21.1. The summed E-state index contributed by atoms with van der Waals surface area (Å²) in [6.45, 7) is 2.23. The monoisotopic (exact) mass is 176 g/mol. The van der Waals surface area contributed by atoms with Crippen molar-refractivity contribution in [3.05, 3.63) is 0 Å². The maximum Gasteiger partial charge on any atom is 0.335 e. The highest BCUT2D eigenvalue weighted by molar-refractivity contribution is 5.89. The first-order valence-corrected chi connectivity index (χ1v) is 3.44. The van der Waals surface area contributed by atoms with Gasteiger partial charge in [-0.3, -0.25) is 4.79 Å². The number of hydrogen-bond donors (Lipinski definition) is 3. The molecule has 0 saturated heterocycles. The molecule has 0 aliphatic carbocycles. The number of hydrogen-bond acceptors (Lipinski definition) is 4. The molecule has 0 saturated carbocycles. The number of carboxylic acids is 1. The number of Topliss-reactive ketones (excluding diaryl/α,β-unsaturated/α-hetero) is 1. The van der Waals surface area contributed by atoms with Crippen molar-refractivity contribution in [2.45, 2.75) is 32.0 Å². The maximum atomic E-state index is 10.8. The Morgan fingerprint density at radius 1 is 1.50 bits per heavy atom. The quantitative estimate of drug-likeness (QED) is 0.519. The lowest BCUT2D eigenvalue weighted by Crippen LogP contribution is -2.39. The Labute approximate surface area is 69.6 Å². The first-order valence-electron chi connectivity index (χ1n) is 3.44. The molecule has 0 aliphatic rings. The van der Waals surface area contributed by atoms with Gasteiger partial charge in [-0.25, -0.2) is 4.79 Å². The van der Waals surface area contributed by atoms with Crippen LogP contribution < -0.4 is 0 Å². The van der Waals surface area contributed by atoms with E-state index in [1.807, 2.05) is 0 Å². The SMILES string of the molecule is CC(O)C(=O)CC(C)(O)C(=O)O. The summed E-state index contributed by atoms with van der Waals surface area (Å²) in [5, 5.41) is 26.2. The van der Waals surface area contributed by atoms with Gasteiger partial charge in [0.25, 0.3) is 0 Å². The fourth-order valence-corrected chi connectivity index (χ4v) is 0.563. The molecule has 2 unspecified atom stereocenters. The third-order valence-corrected chi connectivity index (χ3v) is 1.45. The Kier molecular flexibility index (Phi) is 3.36. The molecule has 70 valence electrons. The van der Waals surface area contributed by atoms with E-state index >= 15 is 0 Å². The largest absolute Gasteiger partial charge is 0.479 e. The van der Waals surface area contributed by atoms with E-state index in [-0.39, 0.29) is 0 Å². The van der Waals surface area contributed by atoms with Gasteiger partial charge in [-0.2, -0.15) is 0 Å². The van der Waals surface area contributed by atoms with Gasteiger partial charge in [-0.15, -0.1) is 0 Å². The molecule has 0 radical (unpaired) electrons. The van der Waals surface area contributed by atoms with E-state index in [4.69, 9.17) is 15.3 Å². The van der Waals surface area contributed by atoms with Crippen molar-refractivity contribution in [2.24, 2.45) is 0 Å². The van der Waals surface area contributed by atoms with E-state index in [0.717, 1.165) is 6.92 Å². The number of rotatable bonds is 4. The van der Waals surface area contributed by atoms with Crippen LogP contribution in [0.25, 0.3) is 0 Å². The van der Waals surface area contributed by atoms with Crippen LogP contribution in [0.4, 0.5) is 0 Å². The molecule has 0 rings (SSSR count). The van der Waals surface area contributed by atoms with Crippen LogP contribution in [-0.4, -0.2) is 38.8 Å². The van der Waals surface area contributed by atoms with Gasteiger partial charge >= 0.3 is 5.97 Å². The van der Waals surface area contributed by atoms with E-state index in [0.29, 0.717) is 0 Å². The van der Waals surface area contributed by atoms with Crippen LogP contribution in [0.5, 0.6) is 0 Å². The summed E-state index contributed by atoms with van der Waals surface area (Å²) < 4.78 is 0. The van der Waals surface area contributed by atoms with Gasteiger partial charge in [0.2, 0.25) is 0 Å². The zero-order valence-electron chi connectivity index (χ0n) is 6.94. The summed E-state index contributed by atoms with van der Waals surface area (Å²) in [5.74, 6) is -2.17. The normalized spacial score (nSPS) is 18.0. The Morgan fingerprint density at radius 2 is 1.92 bits per heavy atom. The Bertz CT molecular complexity index is 194. The van der Waals surface area contributed by atoms with Gasteiger partial charge in [-0.05, 0) is 13.8 Å². The fraction of sp³-hybridized carbons (Fsp3) is 0.714. The van der Waals surface area contributed by atoms with E-state index in [1.54, 1.807) is 0 Å². The molecule has 5 nitrogen and oxygen atoms in total. The van der Waals surface area contributed by atoms with Crippen molar-refractivity contribution in [1.82, 2.24) is 0 Å². The van der Waals surface area contributed by atoms with Crippen molar-refractivity contribution in [3.8, 4) is 0 Å². The van der Waals surface area contributed by atoms with Crippen LogP contribution in [0.1, 0.15) is 20.3 Å². The minimum Gasteiger partial charge on any atom is -0.479 e. The lowest BCUT2D eigenvalue weighted by atomic mass is 9.98. The van der Waals surface area contributed by atoms with Gasteiger partial charge < -0.3 is 15.3 Å². The van der Waals surface area contributed by atoms with Crippen LogP contribution in [0, 0.1) is 0 Å². The number of carboxylic acid groups (broad SMARTS) is 1. The Balaban J connectivity index is 4.25. The van der Waals surface area contributed by atoms with Crippen molar-refractivity contribution in [1.29, 1.82) is 0 Å². The molecule has 0 heterocycles. The van der Waals surface area contributed by atoms with Gasteiger partial charge in [0.1, 0.15) is 6.10 Å². The summed E-state index contributed by atoms with van der Waals surface area (Å²) in [5.41, 5.74) is -2.09. The molecule has 0 amide bonds. The van der Waals surface area contributed by atoms with Crippen LogP contribution in [0.3, 0.4) is 0 Å². The van der Waals surface area contributed by atoms with Crippen LogP contribution in [-0.2, 0) is 9.59 Å². The van der Waals surface area contributed by atoms with Gasteiger partial charge in [0, 0.05) is 6.42 Å². The molecular weight excluding hydrogens is 164 g/mol. The molecule has 2 atom stereocenters. The first kappa shape index (κ1) is 11.1. The maximum absolute atomic E-state index is 10.8. The summed E-state index contributed by atoms with van der Waals surface area (Å²) >= 11 is 0. The van der Waals surface area contributed by atoms with Gasteiger partial charge in [0.15, 0.2) is 11.4 Å². The third-order valence-electron chi connectivity index (χ3n) is 1.45. The number of ketones is 1. The lowest BCUT2D eigenvalue weighted by molar-refractivity contribution is -0.160. The second kappa shape index (κ2) is 3.64. The second-order valence-electron chi connectivity index (χ2n) is 2.90. The molecule has 0 aromatic carbocycles. The molecule has 0 aliphatic heterocycles. The molecule has 0 aromatic rings. The summed E-state index contributed by atoms with van der Waals surface area (Å²) in [6, 6.07) is 0. The van der Waals surface area contributed by atoms with Crippen LogP contribution >= 0.6 is 0 Å². The number of aliphatic carboxylic acids is 1. The van der Waals surface area contributed by atoms with Gasteiger partial charge in [0.05, 0.1) is 0 Å². The highest BCUT2D eigenvalue weighted by Gasteiger charge is 2.33. The first-order chi connectivity index (χ1) is 5.27. The van der Waals surface area contributed by atoms with E-state index in [1.165, 1.54) is 6.92 Å². The van der Waals surface area contributed by atoms with E-state index in [2.05, 4.69) is 0 Å². The third kappa shape index (κ3) is 2.98. The summed E-state index contributed by atoms with van der Waals surface area (Å²) in [6.07, 6.45) is -1.82. The zero-order valence-corrected chi connectivity index (χ0v) is 6.94.